The fraction of sp³-hybridized carbons (Fsp3) is 0.250. The first-order valence-corrected chi connectivity index (χ1v) is 8.65. The Morgan fingerprint density at radius 1 is 1.07 bits per heavy atom. The lowest BCUT2D eigenvalue weighted by Gasteiger charge is -2.25. The maximum atomic E-state index is 13.0. The van der Waals surface area contributed by atoms with Crippen molar-refractivity contribution >= 4 is 29.2 Å². The Hall–Kier alpha value is -3.22. The molecule has 1 fully saturated rings. The van der Waals surface area contributed by atoms with Crippen LogP contribution in [-0.2, 0) is 9.59 Å². The molecule has 1 atom stereocenters. The summed E-state index contributed by atoms with van der Waals surface area (Å²) in [6, 6.07) is 12.4. The summed E-state index contributed by atoms with van der Waals surface area (Å²) in [5.74, 6) is -1.27. The quantitative estimate of drug-likeness (QED) is 0.821. The van der Waals surface area contributed by atoms with Crippen molar-refractivity contribution in [3.63, 3.8) is 0 Å². The minimum absolute atomic E-state index is 0.177. The van der Waals surface area contributed by atoms with Gasteiger partial charge in [0.25, 0.3) is 5.91 Å². The third kappa shape index (κ3) is 3.81. The van der Waals surface area contributed by atoms with Crippen molar-refractivity contribution in [2.45, 2.75) is 32.4 Å². The Kier molecular flexibility index (Phi) is 5.21. The van der Waals surface area contributed by atoms with Gasteiger partial charge in [-0.15, -0.1) is 0 Å². The van der Waals surface area contributed by atoms with E-state index in [0.29, 0.717) is 11.4 Å². The molecule has 0 spiro atoms. The van der Waals surface area contributed by atoms with Gasteiger partial charge in [-0.2, -0.15) is 0 Å². The highest BCUT2D eigenvalue weighted by Crippen LogP contribution is 2.28. The van der Waals surface area contributed by atoms with Crippen molar-refractivity contribution in [2.24, 2.45) is 0 Å². The Labute approximate surface area is 156 Å². The van der Waals surface area contributed by atoms with E-state index in [4.69, 9.17) is 0 Å². The number of halogens is 1. The second-order valence-electron chi connectivity index (χ2n) is 6.57. The summed E-state index contributed by atoms with van der Waals surface area (Å²) in [6.45, 7) is 3.59. The predicted octanol–water partition coefficient (Wildman–Crippen LogP) is 3.40. The molecule has 0 bridgehead atoms. The molecule has 1 aliphatic heterocycles. The molecule has 1 unspecified atom stereocenters. The monoisotopic (exact) mass is 369 g/mol. The maximum absolute atomic E-state index is 13.0. The number of anilines is 2. The van der Waals surface area contributed by atoms with Gasteiger partial charge in [-0.25, -0.2) is 14.1 Å². The van der Waals surface area contributed by atoms with Crippen molar-refractivity contribution in [1.82, 2.24) is 4.90 Å². The van der Waals surface area contributed by atoms with Gasteiger partial charge in [-0.1, -0.05) is 18.2 Å². The number of hydrogen-bond donors (Lipinski definition) is 1. The topological polar surface area (TPSA) is 69.7 Å². The van der Waals surface area contributed by atoms with Crippen LogP contribution in [0.25, 0.3) is 0 Å². The van der Waals surface area contributed by atoms with Gasteiger partial charge in [0, 0.05) is 11.7 Å². The molecular weight excluding hydrogens is 349 g/mol. The number of carbonyl (C=O) groups is 3. The number of benzene rings is 2. The van der Waals surface area contributed by atoms with Gasteiger partial charge < -0.3 is 10.2 Å². The first-order chi connectivity index (χ1) is 12.9. The van der Waals surface area contributed by atoms with Crippen LogP contribution in [0.15, 0.2) is 54.6 Å². The maximum Gasteiger partial charge on any atom is 0.332 e. The van der Waals surface area contributed by atoms with Gasteiger partial charge in [-0.05, 0) is 50.2 Å². The van der Waals surface area contributed by atoms with Gasteiger partial charge in [0.1, 0.15) is 11.9 Å². The van der Waals surface area contributed by atoms with E-state index in [9.17, 15) is 18.8 Å². The van der Waals surface area contributed by atoms with Gasteiger partial charge >= 0.3 is 6.03 Å². The molecule has 0 saturated carbocycles. The molecule has 2 aromatic rings. The van der Waals surface area contributed by atoms with E-state index in [1.165, 1.54) is 29.2 Å². The average molecular weight is 369 g/mol. The Balaban J connectivity index is 1.80. The van der Waals surface area contributed by atoms with Crippen molar-refractivity contribution in [3.8, 4) is 0 Å². The Morgan fingerprint density at radius 3 is 2.30 bits per heavy atom. The number of nitrogens with one attached hydrogen (secondary N) is 1. The Morgan fingerprint density at radius 2 is 1.70 bits per heavy atom. The molecule has 2 aromatic carbocycles. The van der Waals surface area contributed by atoms with Crippen LogP contribution in [0.1, 0.15) is 20.3 Å². The summed E-state index contributed by atoms with van der Waals surface area (Å²) >= 11 is 0. The summed E-state index contributed by atoms with van der Waals surface area (Å²) in [5.41, 5.74) is 0.897. The molecule has 1 saturated heterocycles. The van der Waals surface area contributed by atoms with Gasteiger partial charge in [0.15, 0.2) is 0 Å². The largest absolute Gasteiger partial charge is 0.332 e. The number of amides is 4. The van der Waals surface area contributed by atoms with Gasteiger partial charge in [-0.3, -0.25) is 9.59 Å². The summed E-state index contributed by atoms with van der Waals surface area (Å²) < 4.78 is 13.0. The van der Waals surface area contributed by atoms with E-state index in [1.807, 2.05) is 0 Å². The van der Waals surface area contributed by atoms with Crippen LogP contribution >= 0.6 is 0 Å². The van der Waals surface area contributed by atoms with Gasteiger partial charge in [0.2, 0.25) is 5.91 Å². The van der Waals surface area contributed by atoms with Crippen molar-refractivity contribution in [1.29, 1.82) is 0 Å². The smallest absolute Gasteiger partial charge is 0.326 e. The number of carbonyl (C=O) groups excluding carboxylic acids is 3. The highest BCUT2D eigenvalue weighted by atomic mass is 19.1. The zero-order valence-corrected chi connectivity index (χ0v) is 15.1. The number of hydrogen-bond acceptors (Lipinski definition) is 3. The minimum Gasteiger partial charge on any atom is -0.326 e. The van der Waals surface area contributed by atoms with Crippen LogP contribution in [0.4, 0.5) is 20.6 Å². The lowest BCUT2D eigenvalue weighted by molar-refractivity contribution is -0.124. The zero-order valence-electron chi connectivity index (χ0n) is 15.1. The van der Waals surface area contributed by atoms with Crippen molar-refractivity contribution < 1.29 is 18.8 Å². The fourth-order valence-corrected chi connectivity index (χ4v) is 3.11. The van der Waals surface area contributed by atoms with Crippen LogP contribution in [-0.4, -0.2) is 34.8 Å². The lowest BCUT2D eigenvalue weighted by atomic mass is 10.1. The molecule has 140 valence electrons. The van der Waals surface area contributed by atoms with E-state index >= 15 is 0 Å². The van der Waals surface area contributed by atoms with E-state index in [1.54, 1.807) is 44.2 Å². The Bertz CT molecular complexity index is 853. The second-order valence-corrected chi connectivity index (χ2v) is 6.57. The molecule has 6 nitrogen and oxygen atoms in total. The van der Waals surface area contributed by atoms with Crippen LogP contribution in [0.2, 0.25) is 0 Å². The van der Waals surface area contributed by atoms with E-state index < -0.39 is 29.7 Å². The first-order valence-electron chi connectivity index (χ1n) is 8.65. The molecule has 1 heterocycles. The van der Waals surface area contributed by atoms with Crippen LogP contribution in [0, 0.1) is 5.82 Å². The zero-order chi connectivity index (χ0) is 19.6. The number of para-hydroxylation sites is 1. The van der Waals surface area contributed by atoms with Gasteiger partial charge in [0.05, 0.1) is 12.1 Å². The standard InChI is InChI=1S/C20H20FN3O3/c1-13(2)23-17(12-18(25)22-15-10-8-14(21)9-11-15)19(26)24(20(23)27)16-6-4-3-5-7-16/h3-11,13,17H,12H2,1-2H3,(H,22,25). The molecule has 3 rings (SSSR count). The number of rotatable bonds is 5. The summed E-state index contributed by atoms with van der Waals surface area (Å²) in [4.78, 5) is 40.6. The summed E-state index contributed by atoms with van der Waals surface area (Å²) in [7, 11) is 0. The van der Waals surface area contributed by atoms with Crippen LogP contribution in [0.5, 0.6) is 0 Å². The highest BCUT2D eigenvalue weighted by molar-refractivity contribution is 6.22. The molecule has 0 aliphatic carbocycles. The minimum atomic E-state index is -0.891. The third-order valence-electron chi connectivity index (χ3n) is 4.33. The van der Waals surface area contributed by atoms with Crippen LogP contribution < -0.4 is 10.2 Å². The SMILES string of the molecule is CC(C)N1C(=O)N(c2ccccc2)C(=O)C1CC(=O)Nc1ccc(F)cc1. The molecule has 7 heteroatoms. The molecule has 1 aliphatic rings. The highest BCUT2D eigenvalue weighted by Gasteiger charge is 2.47. The molecule has 1 N–H and O–H groups in total. The second kappa shape index (κ2) is 7.57. The summed E-state index contributed by atoms with van der Waals surface area (Å²) in [5, 5.41) is 2.63. The fourth-order valence-electron chi connectivity index (χ4n) is 3.11. The van der Waals surface area contributed by atoms with Crippen molar-refractivity contribution in [3.05, 3.63) is 60.4 Å². The molecule has 0 radical (unpaired) electrons. The van der Waals surface area contributed by atoms with Crippen molar-refractivity contribution in [2.75, 3.05) is 10.2 Å². The number of urea groups is 1. The van der Waals surface area contributed by atoms with E-state index in [-0.39, 0.29) is 12.5 Å². The normalized spacial score (nSPS) is 17.0. The lowest BCUT2D eigenvalue weighted by Crippen LogP contribution is -2.42. The number of nitrogens with zero attached hydrogens (tertiary/aromatic N) is 2. The molecule has 0 aromatic heterocycles. The summed E-state index contributed by atoms with van der Waals surface area (Å²) in [6.07, 6.45) is -0.177. The molecular formula is C20H20FN3O3. The predicted molar refractivity (Wildman–Crippen MR) is 99.7 cm³/mol. The van der Waals surface area contributed by atoms with E-state index in [2.05, 4.69) is 5.32 Å². The average Bonchev–Trinajstić information content (AvgIpc) is 2.88. The first kappa shape index (κ1) is 18.6. The third-order valence-corrected chi connectivity index (χ3v) is 4.33. The van der Waals surface area contributed by atoms with E-state index in [0.717, 1.165) is 4.90 Å². The molecule has 4 amide bonds. The van der Waals surface area contributed by atoms with Crippen LogP contribution in [0.3, 0.4) is 0 Å². The molecule has 27 heavy (non-hydrogen) atoms. The number of imide groups is 1.